The Balaban J connectivity index is 0.00000264. The molecule has 0 unspecified atom stereocenters. The van der Waals surface area contributed by atoms with Crippen LogP contribution in [0, 0.1) is 6.92 Å². The molecule has 0 saturated heterocycles. The van der Waals surface area contributed by atoms with Crippen LogP contribution in [0.3, 0.4) is 0 Å². The van der Waals surface area contributed by atoms with E-state index in [0.717, 1.165) is 38.4 Å². The molecule has 1 aromatic heterocycles. The molecule has 6 heteroatoms. The molecule has 0 saturated carbocycles. The third-order valence-corrected chi connectivity index (χ3v) is 3.43. The van der Waals surface area contributed by atoms with Crippen LogP contribution in [0.25, 0.3) is 0 Å². The van der Waals surface area contributed by atoms with Crippen LogP contribution < -0.4 is 10.6 Å². The summed E-state index contributed by atoms with van der Waals surface area (Å²) in [6.07, 6.45) is 5.80. The molecule has 2 aromatic rings. The quantitative estimate of drug-likeness (QED) is 0.309. The summed E-state index contributed by atoms with van der Waals surface area (Å²) < 4.78 is 1.94. The Bertz CT molecular complexity index is 580. The zero-order chi connectivity index (χ0) is 15.6. The topological polar surface area (TPSA) is 54.2 Å². The van der Waals surface area contributed by atoms with E-state index in [0.29, 0.717) is 0 Å². The van der Waals surface area contributed by atoms with E-state index >= 15 is 0 Å². The lowest BCUT2D eigenvalue weighted by atomic mass is 10.1. The number of aliphatic imine (C=N–C) groups is 1. The molecule has 0 amide bonds. The van der Waals surface area contributed by atoms with Gasteiger partial charge in [0, 0.05) is 39.1 Å². The maximum atomic E-state index is 4.24. The minimum atomic E-state index is 0. The van der Waals surface area contributed by atoms with Gasteiger partial charge >= 0.3 is 0 Å². The minimum absolute atomic E-state index is 0. The van der Waals surface area contributed by atoms with Gasteiger partial charge in [-0.2, -0.15) is 5.10 Å². The van der Waals surface area contributed by atoms with Crippen molar-refractivity contribution in [3.8, 4) is 0 Å². The number of halogens is 1. The normalized spacial score (nSPS) is 11.0. The van der Waals surface area contributed by atoms with E-state index in [2.05, 4.69) is 51.9 Å². The van der Waals surface area contributed by atoms with Crippen LogP contribution in [0.4, 0.5) is 0 Å². The fraction of sp³-hybridized carbons (Fsp3) is 0.412. The van der Waals surface area contributed by atoms with Crippen molar-refractivity contribution in [1.82, 2.24) is 20.4 Å². The van der Waals surface area contributed by atoms with E-state index in [9.17, 15) is 0 Å². The van der Waals surface area contributed by atoms with Crippen LogP contribution in [-0.4, -0.2) is 35.9 Å². The highest BCUT2D eigenvalue weighted by Gasteiger charge is 1.98. The molecule has 0 bridgehead atoms. The Kier molecular flexibility index (Phi) is 9.35. The van der Waals surface area contributed by atoms with Gasteiger partial charge in [0.05, 0.1) is 0 Å². The Morgan fingerprint density at radius 2 is 2.04 bits per heavy atom. The molecule has 0 fully saturated rings. The summed E-state index contributed by atoms with van der Waals surface area (Å²) in [5, 5.41) is 10.9. The van der Waals surface area contributed by atoms with E-state index in [4.69, 9.17) is 0 Å². The maximum absolute atomic E-state index is 4.24. The summed E-state index contributed by atoms with van der Waals surface area (Å²) >= 11 is 0. The zero-order valence-corrected chi connectivity index (χ0v) is 16.2. The summed E-state index contributed by atoms with van der Waals surface area (Å²) in [5.74, 6) is 0.855. The van der Waals surface area contributed by atoms with Crippen molar-refractivity contribution in [3.05, 3.63) is 53.9 Å². The van der Waals surface area contributed by atoms with Crippen molar-refractivity contribution in [2.75, 3.05) is 20.1 Å². The maximum Gasteiger partial charge on any atom is 0.190 e. The molecule has 0 atom stereocenters. The first-order valence-electron chi connectivity index (χ1n) is 7.75. The monoisotopic (exact) mass is 427 g/mol. The standard InChI is InChI=1S/C17H25N5.HI/c1-15-6-3-7-16(14-15)8-11-20-17(18-2)19-9-4-12-22-13-5-10-21-22;/h3,5-7,10,13-14H,4,8-9,11-12H2,1-2H3,(H2,18,19,20);1H. The molecule has 126 valence electrons. The second-order valence-electron chi connectivity index (χ2n) is 5.29. The SMILES string of the molecule is CN=C(NCCCn1cccn1)NCCc1cccc(C)c1.I. The number of aromatic nitrogens is 2. The van der Waals surface area contributed by atoms with E-state index in [-0.39, 0.29) is 24.0 Å². The smallest absolute Gasteiger partial charge is 0.190 e. The predicted octanol–water partition coefficient (Wildman–Crippen LogP) is 2.61. The molecule has 2 rings (SSSR count). The molecule has 1 aromatic carbocycles. The number of rotatable bonds is 7. The van der Waals surface area contributed by atoms with Gasteiger partial charge in [-0.15, -0.1) is 24.0 Å². The summed E-state index contributed by atoms with van der Waals surface area (Å²) in [4.78, 5) is 4.24. The average Bonchev–Trinajstić information content (AvgIpc) is 3.03. The van der Waals surface area contributed by atoms with Crippen molar-refractivity contribution in [2.45, 2.75) is 26.3 Å². The lowest BCUT2D eigenvalue weighted by Gasteiger charge is -2.12. The molecule has 0 radical (unpaired) electrons. The number of benzene rings is 1. The van der Waals surface area contributed by atoms with Gasteiger partial charge in [-0.3, -0.25) is 9.67 Å². The van der Waals surface area contributed by atoms with Crippen LogP contribution in [0.5, 0.6) is 0 Å². The number of guanidine groups is 1. The molecule has 5 nitrogen and oxygen atoms in total. The lowest BCUT2D eigenvalue weighted by molar-refractivity contribution is 0.570. The Morgan fingerprint density at radius 1 is 1.22 bits per heavy atom. The van der Waals surface area contributed by atoms with Crippen molar-refractivity contribution < 1.29 is 0 Å². The lowest BCUT2D eigenvalue weighted by Crippen LogP contribution is -2.39. The van der Waals surface area contributed by atoms with Crippen LogP contribution in [-0.2, 0) is 13.0 Å². The third kappa shape index (κ3) is 7.49. The van der Waals surface area contributed by atoms with Crippen LogP contribution >= 0.6 is 24.0 Å². The summed E-state index contributed by atoms with van der Waals surface area (Å²) in [5.41, 5.74) is 2.65. The van der Waals surface area contributed by atoms with Gasteiger partial charge in [-0.1, -0.05) is 29.8 Å². The minimum Gasteiger partial charge on any atom is -0.356 e. The largest absolute Gasteiger partial charge is 0.356 e. The van der Waals surface area contributed by atoms with Gasteiger partial charge in [0.25, 0.3) is 0 Å². The highest BCUT2D eigenvalue weighted by atomic mass is 127. The summed E-state index contributed by atoms with van der Waals surface area (Å²) in [6, 6.07) is 10.6. The average molecular weight is 427 g/mol. The molecular formula is C17H26IN5. The van der Waals surface area contributed by atoms with Crippen LogP contribution in [0.15, 0.2) is 47.7 Å². The van der Waals surface area contributed by atoms with E-state index < -0.39 is 0 Å². The Labute approximate surface area is 155 Å². The highest BCUT2D eigenvalue weighted by Crippen LogP contribution is 2.03. The number of hydrogen-bond donors (Lipinski definition) is 2. The second kappa shape index (κ2) is 11.0. The molecule has 2 N–H and O–H groups in total. The molecular weight excluding hydrogens is 401 g/mol. The first-order chi connectivity index (χ1) is 10.8. The van der Waals surface area contributed by atoms with Crippen LogP contribution in [0.1, 0.15) is 17.5 Å². The summed E-state index contributed by atoms with van der Waals surface area (Å²) in [7, 11) is 1.80. The first kappa shape index (κ1) is 19.5. The fourth-order valence-corrected chi connectivity index (χ4v) is 2.29. The van der Waals surface area contributed by atoms with Crippen molar-refractivity contribution in [2.24, 2.45) is 4.99 Å². The number of nitrogens with one attached hydrogen (secondary N) is 2. The summed E-state index contributed by atoms with van der Waals surface area (Å²) in [6.45, 7) is 4.80. The van der Waals surface area contributed by atoms with Crippen molar-refractivity contribution >= 4 is 29.9 Å². The zero-order valence-electron chi connectivity index (χ0n) is 13.8. The van der Waals surface area contributed by atoms with Gasteiger partial charge in [0.1, 0.15) is 0 Å². The Morgan fingerprint density at radius 3 is 2.74 bits per heavy atom. The number of nitrogens with zero attached hydrogens (tertiary/aromatic N) is 3. The van der Waals surface area contributed by atoms with E-state index in [1.54, 1.807) is 13.2 Å². The molecule has 0 aliphatic heterocycles. The van der Waals surface area contributed by atoms with Crippen LogP contribution in [0.2, 0.25) is 0 Å². The molecule has 0 aliphatic rings. The molecule has 1 heterocycles. The van der Waals surface area contributed by atoms with Gasteiger partial charge in [0.15, 0.2) is 5.96 Å². The van der Waals surface area contributed by atoms with Crippen molar-refractivity contribution in [3.63, 3.8) is 0 Å². The van der Waals surface area contributed by atoms with E-state index in [1.165, 1.54) is 11.1 Å². The van der Waals surface area contributed by atoms with Gasteiger partial charge < -0.3 is 10.6 Å². The fourth-order valence-electron chi connectivity index (χ4n) is 2.29. The highest BCUT2D eigenvalue weighted by molar-refractivity contribution is 14.0. The van der Waals surface area contributed by atoms with Gasteiger partial charge in [-0.05, 0) is 31.4 Å². The Hall–Kier alpha value is -1.57. The predicted molar refractivity (Wildman–Crippen MR) is 107 cm³/mol. The van der Waals surface area contributed by atoms with Crippen molar-refractivity contribution in [1.29, 1.82) is 0 Å². The van der Waals surface area contributed by atoms with E-state index in [1.807, 2.05) is 16.9 Å². The third-order valence-electron chi connectivity index (χ3n) is 3.43. The molecule has 23 heavy (non-hydrogen) atoms. The van der Waals surface area contributed by atoms with Gasteiger partial charge in [-0.25, -0.2) is 0 Å². The molecule has 0 spiro atoms. The van der Waals surface area contributed by atoms with Gasteiger partial charge in [0.2, 0.25) is 0 Å². The second-order valence-corrected chi connectivity index (χ2v) is 5.29. The number of aryl methyl sites for hydroxylation is 2. The number of hydrogen-bond acceptors (Lipinski definition) is 2. The molecule has 0 aliphatic carbocycles. The first-order valence-corrected chi connectivity index (χ1v) is 7.75.